The second-order valence-corrected chi connectivity index (χ2v) is 6.25. The van der Waals surface area contributed by atoms with Gasteiger partial charge in [0.25, 0.3) is 0 Å². The van der Waals surface area contributed by atoms with Crippen LogP contribution in [0.3, 0.4) is 0 Å². The number of halogens is 5. The number of nitrogens with zero attached hydrogens (tertiary/aromatic N) is 2. The third kappa shape index (κ3) is 5.53. The molecule has 0 spiro atoms. The van der Waals surface area contributed by atoms with Crippen molar-refractivity contribution in [2.45, 2.75) is 12.2 Å². The van der Waals surface area contributed by atoms with Crippen molar-refractivity contribution in [3.63, 3.8) is 0 Å². The molecule has 4 nitrogen and oxygen atoms in total. The number of carbonyl (C=O) groups excluding carboxylic acids is 1. The number of anilines is 1. The molecule has 2 aromatic rings. The summed E-state index contributed by atoms with van der Waals surface area (Å²) in [5, 5.41) is 0. The van der Waals surface area contributed by atoms with Crippen LogP contribution in [-0.2, 0) is 11.0 Å². The van der Waals surface area contributed by atoms with E-state index in [-0.39, 0.29) is 30.7 Å². The Labute approximate surface area is 174 Å². The average molecular weight is 436 g/mol. The summed E-state index contributed by atoms with van der Waals surface area (Å²) in [7, 11) is 0. The van der Waals surface area contributed by atoms with Crippen molar-refractivity contribution in [2.24, 2.45) is 5.73 Å². The Morgan fingerprint density at radius 1 is 0.929 bits per heavy atom. The second kappa shape index (κ2) is 10.0. The lowest BCUT2D eigenvalue weighted by Gasteiger charge is -2.37. The average Bonchev–Trinajstić information content (AvgIpc) is 2.67. The quantitative estimate of drug-likeness (QED) is 0.795. The molecule has 0 saturated carbocycles. The van der Waals surface area contributed by atoms with E-state index >= 15 is 0 Å². The number of carbonyl (C=O) groups is 1. The standard InChI is InChI=1S/C19H20F3N3O.2ClH/c20-19(21,22)15-7-4-8-16(13-15)24-9-11-25(12-10-24)18(26)17(23)14-5-2-1-3-6-14;;/h1-8,13,17H,9-12,23H2;2*1H. The first-order chi connectivity index (χ1) is 12.4. The van der Waals surface area contributed by atoms with Crippen LogP contribution in [0.4, 0.5) is 18.9 Å². The maximum absolute atomic E-state index is 12.9. The molecule has 2 N–H and O–H groups in total. The number of benzene rings is 2. The van der Waals surface area contributed by atoms with Gasteiger partial charge >= 0.3 is 6.18 Å². The highest BCUT2D eigenvalue weighted by atomic mass is 35.5. The molecule has 1 unspecified atom stereocenters. The SMILES string of the molecule is Cl.Cl.NC(C(=O)N1CCN(c2cccc(C(F)(F)F)c2)CC1)c1ccccc1. The normalized spacial score (nSPS) is 15.3. The molecule has 3 rings (SSSR count). The van der Waals surface area contributed by atoms with E-state index in [2.05, 4.69) is 0 Å². The Balaban J connectivity index is 0.00000196. The molecule has 1 aliphatic heterocycles. The third-order valence-electron chi connectivity index (χ3n) is 4.55. The zero-order valence-electron chi connectivity index (χ0n) is 14.9. The van der Waals surface area contributed by atoms with E-state index in [1.54, 1.807) is 23.1 Å². The monoisotopic (exact) mass is 435 g/mol. The van der Waals surface area contributed by atoms with Gasteiger partial charge in [0.05, 0.1) is 5.56 Å². The largest absolute Gasteiger partial charge is 0.416 e. The molecule has 1 saturated heterocycles. The summed E-state index contributed by atoms with van der Waals surface area (Å²) in [5.41, 5.74) is 6.65. The van der Waals surface area contributed by atoms with Gasteiger partial charge in [0, 0.05) is 31.9 Å². The molecule has 154 valence electrons. The van der Waals surface area contributed by atoms with Gasteiger partial charge in [-0.3, -0.25) is 4.79 Å². The lowest BCUT2D eigenvalue weighted by atomic mass is 10.1. The first-order valence-electron chi connectivity index (χ1n) is 8.38. The van der Waals surface area contributed by atoms with Crippen LogP contribution < -0.4 is 10.6 Å². The summed E-state index contributed by atoms with van der Waals surface area (Å²) in [5.74, 6) is -0.167. The molecular weight excluding hydrogens is 414 g/mol. The summed E-state index contributed by atoms with van der Waals surface area (Å²) < 4.78 is 38.6. The smallest absolute Gasteiger partial charge is 0.368 e. The highest BCUT2D eigenvalue weighted by Gasteiger charge is 2.31. The number of nitrogens with two attached hydrogens (primary N) is 1. The molecule has 1 amide bonds. The van der Waals surface area contributed by atoms with Crippen LogP contribution in [0.2, 0.25) is 0 Å². The van der Waals surface area contributed by atoms with Crippen molar-refractivity contribution >= 4 is 36.4 Å². The topological polar surface area (TPSA) is 49.6 Å². The molecule has 0 radical (unpaired) electrons. The Hall–Kier alpha value is -1.96. The third-order valence-corrected chi connectivity index (χ3v) is 4.55. The molecule has 2 aromatic carbocycles. The van der Waals surface area contributed by atoms with Gasteiger partial charge in [-0.2, -0.15) is 13.2 Å². The zero-order chi connectivity index (χ0) is 18.7. The van der Waals surface area contributed by atoms with Gasteiger partial charge < -0.3 is 15.5 Å². The lowest BCUT2D eigenvalue weighted by molar-refractivity contribution is -0.137. The van der Waals surface area contributed by atoms with E-state index in [0.29, 0.717) is 31.9 Å². The number of hydrogen-bond acceptors (Lipinski definition) is 3. The Morgan fingerprint density at radius 2 is 1.54 bits per heavy atom. The van der Waals surface area contributed by atoms with Crippen molar-refractivity contribution in [1.82, 2.24) is 4.90 Å². The van der Waals surface area contributed by atoms with Crippen molar-refractivity contribution < 1.29 is 18.0 Å². The first-order valence-corrected chi connectivity index (χ1v) is 8.38. The number of amides is 1. The Bertz CT molecular complexity index is 767. The van der Waals surface area contributed by atoms with Crippen molar-refractivity contribution in [1.29, 1.82) is 0 Å². The number of piperazine rings is 1. The minimum atomic E-state index is -4.36. The van der Waals surface area contributed by atoms with Gasteiger partial charge in [-0.15, -0.1) is 24.8 Å². The van der Waals surface area contributed by atoms with E-state index in [9.17, 15) is 18.0 Å². The predicted octanol–water partition coefficient (Wildman–Crippen LogP) is 3.90. The molecule has 1 heterocycles. The molecule has 0 aromatic heterocycles. The minimum absolute atomic E-state index is 0. The Kier molecular flexibility index (Phi) is 8.60. The predicted molar refractivity (Wildman–Crippen MR) is 108 cm³/mol. The van der Waals surface area contributed by atoms with Crippen LogP contribution in [0.25, 0.3) is 0 Å². The van der Waals surface area contributed by atoms with Crippen molar-refractivity contribution in [3.05, 3.63) is 65.7 Å². The van der Waals surface area contributed by atoms with E-state index in [0.717, 1.165) is 17.7 Å². The van der Waals surface area contributed by atoms with Crippen LogP contribution >= 0.6 is 24.8 Å². The fraction of sp³-hybridized carbons (Fsp3) is 0.316. The maximum Gasteiger partial charge on any atom is 0.416 e. The fourth-order valence-electron chi connectivity index (χ4n) is 3.06. The first kappa shape index (κ1) is 24.1. The van der Waals surface area contributed by atoms with Gasteiger partial charge in [0.1, 0.15) is 6.04 Å². The Morgan fingerprint density at radius 3 is 2.11 bits per heavy atom. The zero-order valence-corrected chi connectivity index (χ0v) is 16.6. The van der Waals surface area contributed by atoms with Gasteiger partial charge in [0.15, 0.2) is 0 Å². The van der Waals surface area contributed by atoms with Gasteiger partial charge in [-0.25, -0.2) is 0 Å². The molecule has 9 heteroatoms. The second-order valence-electron chi connectivity index (χ2n) is 6.25. The van der Waals surface area contributed by atoms with Crippen LogP contribution in [-0.4, -0.2) is 37.0 Å². The number of hydrogen-bond donors (Lipinski definition) is 1. The highest BCUT2D eigenvalue weighted by Crippen LogP contribution is 2.32. The van der Waals surface area contributed by atoms with Crippen LogP contribution in [0, 0.1) is 0 Å². The molecule has 28 heavy (non-hydrogen) atoms. The lowest BCUT2D eigenvalue weighted by Crippen LogP contribution is -2.51. The number of alkyl halides is 3. The van der Waals surface area contributed by atoms with E-state index in [4.69, 9.17) is 5.73 Å². The summed E-state index contributed by atoms with van der Waals surface area (Å²) in [4.78, 5) is 16.1. The molecule has 0 aliphatic carbocycles. The maximum atomic E-state index is 12.9. The van der Waals surface area contributed by atoms with E-state index in [1.807, 2.05) is 23.1 Å². The summed E-state index contributed by atoms with van der Waals surface area (Å²) in [6.45, 7) is 1.79. The van der Waals surface area contributed by atoms with Crippen molar-refractivity contribution in [2.75, 3.05) is 31.1 Å². The van der Waals surface area contributed by atoms with Gasteiger partial charge in [-0.05, 0) is 23.8 Å². The highest BCUT2D eigenvalue weighted by molar-refractivity contribution is 5.85. The van der Waals surface area contributed by atoms with Crippen LogP contribution in [0.15, 0.2) is 54.6 Å². The van der Waals surface area contributed by atoms with Crippen LogP contribution in [0.1, 0.15) is 17.2 Å². The van der Waals surface area contributed by atoms with Gasteiger partial charge in [0.2, 0.25) is 5.91 Å². The van der Waals surface area contributed by atoms with Crippen LogP contribution in [0.5, 0.6) is 0 Å². The summed E-state index contributed by atoms with van der Waals surface area (Å²) in [6, 6.07) is 13.7. The molecular formula is C19H22Cl2F3N3O. The molecule has 0 bridgehead atoms. The fourth-order valence-corrected chi connectivity index (χ4v) is 3.06. The number of rotatable bonds is 3. The molecule has 1 fully saturated rings. The van der Waals surface area contributed by atoms with Gasteiger partial charge in [-0.1, -0.05) is 36.4 Å². The molecule has 1 aliphatic rings. The summed E-state index contributed by atoms with van der Waals surface area (Å²) in [6.07, 6.45) is -4.36. The minimum Gasteiger partial charge on any atom is -0.368 e. The molecule has 1 atom stereocenters. The van der Waals surface area contributed by atoms with Crippen molar-refractivity contribution in [3.8, 4) is 0 Å². The van der Waals surface area contributed by atoms with E-state index < -0.39 is 17.8 Å². The van der Waals surface area contributed by atoms with E-state index in [1.165, 1.54) is 6.07 Å². The summed E-state index contributed by atoms with van der Waals surface area (Å²) >= 11 is 0.